The second kappa shape index (κ2) is 12.2. The van der Waals surface area contributed by atoms with E-state index in [0.29, 0.717) is 21.8 Å². The Morgan fingerprint density at radius 2 is 1.36 bits per heavy atom. The fourth-order valence-electron chi connectivity index (χ4n) is 2.94. The Balaban J connectivity index is 1.94. The fraction of sp³-hybridized carbons (Fsp3) is 0.0741. The van der Waals surface area contributed by atoms with Gasteiger partial charge in [-0.15, -0.1) is 5.11 Å². The zero-order valence-corrected chi connectivity index (χ0v) is 20.2. The van der Waals surface area contributed by atoms with Crippen molar-refractivity contribution in [3.63, 3.8) is 0 Å². The molecule has 0 unspecified atom stereocenters. The summed E-state index contributed by atoms with van der Waals surface area (Å²) in [5.74, 6) is -0.614. The molecule has 0 saturated heterocycles. The molecule has 3 N–H and O–H groups in total. The van der Waals surface area contributed by atoms with E-state index < -0.39 is 11.5 Å². The smallest absolute Gasteiger partial charge is 0.209 e. The van der Waals surface area contributed by atoms with Crippen LogP contribution in [0.3, 0.4) is 0 Å². The van der Waals surface area contributed by atoms with Crippen molar-refractivity contribution in [3.05, 3.63) is 100 Å². The summed E-state index contributed by atoms with van der Waals surface area (Å²) in [5.41, 5.74) is 1.30. The number of aliphatic hydroxyl groups is 1. The Morgan fingerprint density at radius 3 is 1.89 bits per heavy atom. The first kappa shape index (κ1) is 26.1. The van der Waals surface area contributed by atoms with Gasteiger partial charge in [-0.3, -0.25) is 4.79 Å². The Kier molecular flexibility index (Phi) is 8.85. The number of aromatic hydroxyl groups is 2. The van der Waals surface area contributed by atoms with Crippen molar-refractivity contribution < 1.29 is 29.6 Å². The molecule has 0 atom stereocenters. The Hall–Kier alpha value is -4.56. The van der Waals surface area contributed by atoms with Crippen molar-refractivity contribution in [2.45, 2.75) is 0 Å². The first-order chi connectivity index (χ1) is 17.3. The number of carbonyl (C=O) groups excluding carboxylic acids is 1. The van der Waals surface area contributed by atoms with Gasteiger partial charge in [-0.2, -0.15) is 5.11 Å². The van der Waals surface area contributed by atoms with Crippen LogP contribution in [-0.2, 0) is 4.79 Å². The second-order valence-electron chi connectivity index (χ2n) is 7.30. The van der Waals surface area contributed by atoms with Crippen molar-refractivity contribution in [1.29, 1.82) is 0 Å². The van der Waals surface area contributed by atoms with Gasteiger partial charge < -0.3 is 24.8 Å². The van der Waals surface area contributed by atoms with E-state index in [1.165, 1.54) is 50.7 Å². The highest BCUT2D eigenvalue weighted by molar-refractivity contribution is 6.30. The molecule has 0 aliphatic rings. The number of hydrogen-bond acceptors (Lipinski definition) is 8. The van der Waals surface area contributed by atoms with Gasteiger partial charge in [-0.05, 0) is 71.8 Å². The van der Waals surface area contributed by atoms with E-state index in [9.17, 15) is 20.1 Å². The highest BCUT2D eigenvalue weighted by Gasteiger charge is 2.12. The van der Waals surface area contributed by atoms with Gasteiger partial charge in [-0.25, -0.2) is 0 Å². The van der Waals surface area contributed by atoms with Crippen LogP contribution in [0.1, 0.15) is 11.1 Å². The number of azo groups is 1. The number of nitrogens with zero attached hydrogens (tertiary/aromatic N) is 2. The third-order valence-corrected chi connectivity index (χ3v) is 5.09. The van der Waals surface area contributed by atoms with Crippen LogP contribution in [0.5, 0.6) is 23.0 Å². The van der Waals surface area contributed by atoms with Crippen molar-refractivity contribution in [3.8, 4) is 23.0 Å². The molecular weight excluding hydrogens is 484 g/mol. The monoisotopic (exact) mass is 506 g/mol. The molecule has 36 heavy (non-hydrogen) atoms. The second-order valence-corrected chi connectivity index (χ2v) is 7.74. The molecule has 0 aliphatic heterocycles. The highest BCUT2D eigenvalue weighted by atomic mass is 35.5. The van der Waals surface area contributed by atoms with E-state index in [-0.39, 0.29) is 28.7 Å². The number of hydrogen-bond donors (Lipinski definition) is 3. The SMILES string of the molecule is COc1cc(/C=C/C(=O)/C(N=Nc2ccc(Cl)cc2)=C(O)/C=C/c2ccc(O)c(OC)c2)ccc1O. The van der Waals surface area contributed by atoms with Crippen molar-refractivity contribution in [2.24, 2.45) is 10.2 Å². The third kappa shape index (κ3) is 6.97. The number of ether oxygens (including phenoxy) is 2. The Morgan fingerprint density at radius 1 is 0.833 bits per heavy atom. The lowest BCUT2D eigenvalue weighted by Gasteiger charge is -2.04. The van der Waals surface area contributed by atoms with Crippen LogP contribution < -0.4 is 9.47 Å². The van der Waals surface area contributed by atoms with Gasteiger partial charge in [0, 0.05) is 5.02 Å². The molecule has 0 spiro atoms. The Labute approximate surface area is 212 Å². The third-order valence-electron chi connectivity index (χ3n) is 4.84. The lowest BCUT2D eigenvalue weighted by Crippen LogP contribution is -1.99. The van der Waals surface area contributed by atoms with E-state index in [2.05, 4.69) is 10.2 Å². The van der Waals surface area contributed by atoms with Gasteiger partial charge >= 0.3 is 0 Å². The lowest BCUT2D eigenvalue weighted by atomic mass is 10.1. The molecule has 0 radical (unpaired) electrons. The van der Waals surface area contributed by atoms with E-state index in [0.717, 1.165) is 0 Å². The number of carbonyl (C=O) groups is 1. The molecule has 0 fully saturated rings. The van der Waals surface area contributed by atoms with E-state index in [1.54, 1.807) is 48.5 Å². The number of phenols is 2. The molecule has 3 aromatic carbocycles. The topological polar surface area (TPSA) is 121 Å². The Bertz CT molecular complexity index is 1360. The minimum absolute atomic E-state index is 0.0296. The number of ketones is 1. The minimum Gasteiger partial charge on any atom is -0.505 e. The molecule has 0 heterocycles. The average Bonchev–Trinajstić information content (AvgIpc) is 2.88. The summed E-state index contributed by atoms with van der Waals surface area (Å²) in [4.78, 5) is 13.0. The maximum Gasteiger partial charge on any atom is 0.209 e. The number of methoxy groups -OCH3 is 2. The normalized spacial score (nSPS) is 12.3. The number of halogens is 1. The first-order valence-corrected chi connectivity index (χ1v) is 10.9. The number of aliphatic hydroxyl groups excluding tert-OH is 1. The van der Waals surface area contributed by atoms with Gasteiger partial charge in [0.25, 0.3) is 0 Å². The van der Waals surface area contributed by atoms with Crippen LogP contribution in [0.15, 0.2) is 94.5 Å². The lowest BCUT2D eigenvalue weighted by molar-refractivity contribution is -0.111. The molecule has 8 nitrogen and oxygen atoms in total. The maximum absolute atomic E-state index is 13.0. The van der Waals surface area contributed by atoms with Gasteiger partial charge in [0.15, 0.2) is 28.7 Å². The van der Waals surface area contributed by atoms with E-state index >= 15 is 0 Å². The van der Waals surface area contributed by atoms with Gasteiger partial charge in [-0.1, -0.05) is 35.9 Å². The standard InChI is InChI=1S/C27H23ClN2O6/c1-35-25-15-17(3-11-21(25)31)5-13-23(33)27(30-29-20-9-7-19(28)8-10-20)24(34)14-6-18-4-12-22(32)26(16-18)36-2/h3-16,31-33H,1-2H3/b13-5+,14-6+,27-23+,30-29?. The predicted molar refractivity (Wildman–Crippen MR) is 138 cm³/mol. The fourth-order valence-corrected chi connectivity index (χ4v) is 3.07. The molecule has 0 aliphatic carbocycles. The summed E-state index contributed by atoms with van der Waals surface area (Å²) >= 11 is 5.89. The minimum atomic E-state index is -0.620. The number of allylic oxidation sites excluding steroid dienone is 2. The van der Waals surface area contributed by atoms with Crippen LogP contribution in [0.25, 0.3) is 12.2 Å². The van der Waals surface area contributed by atoms with Crippen molar-refractivity contribution >= 4 is 35.2 Å². The molecule has 3 aromatic rings. The number of benzene rings is 3. The van der Waals surface area contributed by atoms with Crippen LogP contribution in [0.4, 0.5) is 5.69 Å². The molecule has 184 valence electrons. The first-order valence-electron chi connectivity index (χ1n) is 10.6. The van der Waals surface area contributed by atoms with Crippen molar-refractivity contribution in [1.82, 2.24) is 0 Å². The van der Waals surface area contributed by atoms with Crippen LogP contribution in [0.2, 0.25) is 5.02 Å². The largest absolute Gasteiger partial charge is 0.505 e. The quantitative estimate of drug-likeness (QED) is 0.130. The molecule has 0 bridgehead atoms. The summed E-state index contributed by atoms with van der Waals surface area (Å²) in [6, 6.07) is 15.7. The van der Waals surface area contributed by atoms with Crippen molar-refractivity contribution in [2.75, 3.05) is 14.2 Å². The van der Waals surface area contributed by atoms with Crippen LogP contribution >= 0.6 is 11.6 Å². The molecule has 9 heteroatoms. The maximum atomic E-state index is 13.0. The van der Waals surface area contributed by atoms with E-state index in [4.69, 9.17) is 21.1 Å². The van der Waals surface area contributed by atoms with Gasteiger partial charge in [0.1, 0.15) is 5.76 Å². The summed E-state index contributed by atoms with van der Waals surface area (Å²) in [7, 11) is 2.84. The molecule has 0 saturated carbocycles. The molecule has 3 rings (SSSR count). The zero-order valence-electron chi connectivity index (χ0n) is 19.4. The average molecular weight is 507 g/mol. The summed E-state index contributed by atoms with van der Waals surface area (Å²) < 4.78 is 10.2. The number of rotatable bonds is 9. The highest BCUT2D eigenvalue weighted by Crippen LogP contribution is 2.28. The predicted octanol–water partition coefficient (Wildman–Crippen LogP) is 6.62. The van der Waals surface area contributed by atoms with Gasteiger partial charge in [0.2, 0.25) is 5.78 Å². The molecule has 0 amide bonds. The summed E-state index contributed by atoms with van der Waals surface area (Å²) in [6.45, 7) is 0. The summed E-state index contributed by atoms with van der Waals surface area (Å²) in [5, 5.41) is 38.7. The summed E-state index contributed by atoms with van der Waals surface area (Å²) in [6.07, 6.45) is 5.52. The van der Waals surface area contributed by atoms with Gasteiger partial charge in [0.05, 0.1) is 19.9 Å². The zero-order chi connectivity index (χ0) is 26.1. The van der Waals surface area contributed by atoms with Crippen LogP contribution in [0, 0.1) is 0 Å². The molecular formula is C27H23ClN2O6. The van der Waals surface area contributed by atoms with E-state index in [1.807, 2.05) is 0 Å². The number of phenolic OH excluding ortho intramolecular Hbond substituents is 2. The molecule has 0 aromatic heterocycles. The van der Waals surface area contributed by atoms with Crippen LogP contribution in [-0.4, -0.2) is 35.3 Å².